The molecule has 5 heteroatoms. The molecule has 0 aliphatic carbocycles. The zero-order valence-corrected chi connectivity index (χ0v) is 19.5. The summed E-state index contributed by atoms with van der Waals surface area (Å²) < 4.78 is 5.68. The lowest BCUT2D eigenvalue weighted by atomic mass is 9.79. The average Bonchev–Trinajstić information content (AvgIpc) is 2.78. The first-order chi connectivity index (χ1) is 15.4. The van der Waals surface area contributed by atoms with E-state index >= 15 is 0 Å². The first-order valence-electron chi connectivity index (χ1n) is 11.2. The SMILES string of the molecule is CCN1c2cc(OC)c(/C=N\NC(=O)c3cccc4ccccc34)cc2C(C)CC1(C)C. The second kappa shape index (κ2) is 8.65. The number of carbonyl (C=O) groups is 1. The van der Waals surface area contributed by atoms with E-state index in [2.05, 4.69) is 55.3 Å². The lowest BCUT2D eigenvalue weighted by Gasteiger charge is -2.47. The zero-order chi connectivity index (χ0) is 22.9. The van der Waals surface area contributed by atoms with Gasteiger partial charge < -0.3 is 9.64 Å². The largest absolute Gasteiger partial charge is 0.496 e. The highest BCUT2D eigenvalue weighted by Crippen LogP contribution is 2.45. The van der Waals surface area contributed by atoms with Gasteiger partial charge in [-0.05, 0) is 61.6 Å². The molecule has 0 aromatic heterocycles. The van der Waals surface area contributed by atoms with Gasteiger partial charge in [0.2, 0.25) is 0 Å². The smallest absolute Gasteiger partial charge is 0.271 e. The minimum absolute atomic E-state index is 0.0915. The van der Waals surface area contributed by atoms with Crippen molar-refractivity contribution in [2.24, 2.45) is 5.10 Å². The number of nitrogens with zero attached hydrogens (tertiary/aromatic N) is 2. The van der Waals surface area contributed by atoms with Gasteiger partial charge in [0.1, 0.15) is 5.75 Å². The Morgan fingerprint density at radius 1 is 1.22 bits per heavy atom. The summed E-state index contributed by atoms with van der Waals surface area (Å²) >= 11 is 0. The normalized spacial score (nSPS) is 17.4. The van der Waals surface area contributed by atoms with Gasteiger partial charge in [0, 0.05) is 35.0 Å². The van der Waals surface area contributed by atoms with Gasteiger partial charge in [-0.2, -0.15) is 5.10 Å². The third-order valence-electron chi connectivity index (χ3n) is 6.46. The van der Waals surface area contributed by atoms with Crippen LogP contribution in [-0.2, 0) is 0 Å². The molecule has 1 N–H and O–H groups in total. The van der Waals surface area contributed by atoms with Gasteiger partial charge in [0.25, 0.3) is 5.91 Å². The second-order valence-electron chi connectivity index (χ2n) is 9.04. The number of benzene rings is 3. The Hall–Kier alpha value is -3.34. The van der Waals surface area contributed by atoms with Crippen molar-refractivity contribution in [3.63, 3.8) is 0 Å². The Kier molecular flexibility index (Phi) is 5.92. The van der Waals surface area contributed by atoms with Crippen LogP contribution in [0, 0.1) is 0 Å². The molecule has 1 amide bonds. The molecule has 1 aliphatic rings. The molecule has 166 valence electrons. The summed E-state index contributed by atoms with van der Waals surface area (Å²) in [6.07, 6.45) is 2.75. The van der Waals surface area contributed by atoms with Crippen molar-refractivity contribution in [3.05, 3.63) is 71.3 Å². The van der Waals surface area contributed by atoms with E-state index in [-0.39, 0.29) is 11.4 Å². The molecule has 5 nitrogen and oxygen atoms in total. The molecule has 0 spiro atoms. The topological polar surface area (TPSA) is 53.9 Å². The highest BCUT2D eigenvalue weighted by Gasteiger charge is 2.36. The summed E-state index contributed by atoms with van der Waals surface area (Å²) in [6, 6.07) is 17.8. The van der Waals surface area contributed by atoms with Crippen LogP contribution in [0.5, 0.6) is 5.75 Å². The van der Waals surface area contributed by atoms with Crippen molar-refractivity contribution < 1.29 is 9.53 Å². The van der Waals surface area contributed by atoms with Crippen LogP contribution in [0.15, 0.2) is 59.7 Å². The van der Waals surface area contributed by atoms with Gasteiger partial charge in [0.05, 0.1) is 13.3 Å². The lowest BCUT2D eigenvalue weighted by molar-refractivity contribution is 0.0957. The molecular formula is C27H31N3O2. The molecule has 4 rings (SSSR count). The number of fused-ring (bicyclic) bond motifs is 2. The summed E-state index contributed by atoms with van der Waals surface area (Å²) in [5, 5.41) is 6.19. The molecule has 1 atom stereocenters. The van der Waals surface area contributed by atoms with Crippen molar-refractivity contribution in [1.29, 1.82) is 0 Å². The van der Waals surface area contributed by atoms with Crippen LogP contribution >= 0.6 is 0 Å². The van der Waals surface area contributed by atoms with Gasteiger partial charge in [-0.25, -0.2) is 5.43 Å². The maximum atomic E-state index is 12.8. The van der Waals surface area contributed by atoms with Gasteiger partial charge in [-0.1, -0.05) is 43.3 Å². The highest BCUT2D eigenvalue weighted by atomic mass is 16.5. The minimum Gasteiger partial charge on any atom is -0.496 e. The van der Waals surface area contributed by atoms with Crippen LogP contribution in [-0.4, -0.2) is 31.3 Å². The first kappa shape index (κ1) is 21.9. The molecule has 0 saturated carbocycles. The number of carbonyl (C=O) groups excluding carboxylic acids is 1. The van der Waals surface area contributed by atoms with Gasteiger partial charge in [-0.15, -0.1) is 0 Å². The number of amides is 1. The van der Waals surface area contributed by atoms with E-state index in [4.69, 9.17) is 4.74 Å². The molecule has 1 unspecified atom stereocenters. The number of ether oxygens (including phenoxy) is 1. The molecule has 3 aromatic carbocycles. The summed E-state index contributed by atoms with van der Waals surface area (Å²) in [5.41, 5.74) is 6.73. The fourth-order valence-corrected chi connectivity index (χ4v) is 5.05. The Labute approximate surface area is 190 Å². The van der Waals surface area contributed by atoms with Crippen molar-refractivity contribution in [2.75, 3.05) is 18.6 Å². The maximum absolute atomic E-state index is 12.8. The number of nitrogens with one attached hydrogen (secondary N) is 1. The molecule has 32 heavy (non-hydrogen) atoms. The van der Waals surface area contributed by atoms with Crippen LogP contribution in [0.3, 0.4) is 0 Å². The molecular weight excluding hydrogens is 398 g/mol. The van der Waals surface area contributed by atoms with E-state index in [1.54, 1.807) is 13.3 Å². The quantitative estimate of drug-likeness (QED) is 0.417. The summed E-state index contributed by atoms with van der Waals surface area (Å²) in [6.45, 7) is 9.97. The molecule has 0 saturated heterocycles. The van der Waals surface area contributed by atoms with E-state index in [1.165, 1.54) is 11.3 Å². The Balaban J connectivity index is 1.62. The summed E-state index contributed by atoms with van der Waals surface area (Å²) in [7, 11) is 1.67. The second-order valence-corrected chi connectivity index (χ2v) is 9.04. The third kappa shape index (κ3) is 3.95. The molecule has 0 bridgehead atoms. The van der Waals surface area contributed by atoms with E-state index in [9.17, 15) is 4.79 Å². The molecule has 1 aliphatic heterocycles. The number of hydrogen-bond acceptors (Lipinski definition) is 4. The Bertz CT molecular complexity index is 1180. The number of hydrazone groups is 1. The van der Waals surface area contributed by atoms with Crippen molar-refractivity contribution in [1.82, 2.24) is 5.43 Å². The molecule has 0 radical (unpaired) electrons. The van der Waals surface area contributed by atoms with Crippen LogP contribution in [0.1, 0.15) is 61.5 Å². The molecule has 1 heterocycles. The molecule has 0 fully saturated rings. The summed E-state index contributed by atoms with van der Waals surface area (Å²) in [4.78, 5) is 15.2. The zero-order valence-electron chi connectivity index (χ0n) is 19.5. The van der Waals surface area contributed by atoms with Crippen LogP contribution in [0.25, 0.3) is 10.8 Å². The van der Waals surface area contributed by atoms with Crippen LogP contribution < -0.4 is 15.1 Å². The van der Waals surface area contributed by atoms with Crippen molar-refractivity contribution in [2.45, 2.75) is 45.6 Å². The Morgan fingerprint density at radius 2 is 1.97 bits per heavy atom. The minimum atomic E-state index is -0.234. The maximum Gasteiger partial charge on any atom is 0.271 e. The number of hydrogen-bond donors (Lipinski definition) is 1. The van der Waals surface area contributed by atoms with E-state index < -0.39 is 0 Å². The monoisotopic (exact) mass is 429 g/mol. The first-order valence-corrected chi connectivity index (χ1v) is 11.2. The van der Waals surface area contributed by atoms with E-state index in [1.807, 2.05) is 42.5 Å². The molecule has 3 aromatic rings. The fraction of sp³-hybridized carbons (Fsp3) is 0.333. The van der Waals surface area contributed by atoms with Crippen LogP contribution in [0.2, 0.25) is 0 Å². The highest BCUT2D eigenvalue weighted by molar-refractivity contribution is 6.07. The van der Waals surface area contributed by atoms with E-state index in [0.717, 1.165) is 35.1 Å². The standard InChI is InChI=1S/C27H31N3O2/c1-6-30-24-15-25(32-5)20(14-23(24)18(2)16-27(30,3)4)17-28-29-26(31)22-13-9-11-19-10-7-8-12-21(19)22/h7-15,17-18H,6,16H2,1-5H3,(H,29,31)/b28-17-. The predicted molar refractivity (Wildman–Crippen MR) is 132 cm³/mol. The van der Waals surface area contributed by atoms with Gasteiger partial charge >= 0.3 is 0 Å². The Morgan fingerprint density at radius 3 is 2.72 bits per heavy atom. The van der Waals surface area contributed by atoms with Crippen LogP contribution in [0.4, 0.5) is 5.69 Å². The lowest BCUT2D eigenvalue weighted by Crippen LogP contribution is -2.48. The summed E-state index contributed by atoms with van der Waals surface area (Å²) in [5.74, 6) is 0.934. The van der Waals surface area contributed by atoms with Gasteiger partial charge in [0.15, 0.2) is 0 Å². The predicted octanol–water partition coefficient (Wildman–Crippen LogP) is 5.72. The number of methoxy groups -OCH3 is 1. The third-order valence-corrected chi connectivity index (χ3v) is 6.46. The van der Waals surface area contributed by atoms with Crippen molar-refractivity contribution in [3.8, 4) is 5.75 Å². The number of rotatable bonds is 5. The fourth-order valence-electron chi connectivity index (χ4n) is 5.05. The van der Waals surface area contributed by atoms with Crippen molar-refractivity contribution >= 4 is 28.6 Å². The van der Waals surface area contributed by atoms with E-state index in [0.29, 0.717) is 11.5 Å². The number of anilines is 1. The van der Waals surface area contributed by atoms with Gasteiger partial charge in [-0.3, -0.25) is 4.79 Å². The average molecular weight is 430 g/mol.